The predicted octanol–water partition coefficient (Wildman–Crippen LogP) is 6.84. The number of halogens is 2. The van der Waals surface area contributed by atoms with Gasteiger partial charge in [0.2, 0.25) is 0 Å². The van der Waals surface area contributed by atoms with E-state index in [0.29, 0.717) is 38.2 Å². The second kappa shape index (κ2) is 9.77. The third-order valence-corrected chi connectivity index (χ3v) is 6.92. The van der Waals surface area contributed by atoms with E-state index in [0.717, 1.165) is 16.9 Å². The zero-order valence-electron chi connectivity index (χ0n) is 18.9. The first kappa shape index (κ1) is 23.5. The number of rotatable bonds is 6. The summed E-state index contributed by atoms with van der Waals surface area (Å²) in [6, 6.07) is 20.0. The number of furan rings is 1. The van der Waals surface area contributed by atoms with Crippen LogP contribution in [0.15, 0.2) is 77.3 Å². The molecule has 0 aliphatic carbocycles. The number of nitrogens with one attached hydrogen (secondary N) is 1. The summed E-state index contributed by atoms with van der Waals surface area (Å²) in [7, 11) is 3.24. The number of thiocarbonyl (C=S) groups is 1. The van der Waals surface area contributed by atoms with Gasteiger partial charge in [-0.25, -0.2) is 0 Å². The SMILES string of the molecule is COc1ccc(OC)c(N2C(=S)NC(c3ccccn3)C2c2ccc(-c3ccc(Cl)c(Cl)c3)o2)c1. The van der Waals surface area contributed by atoms with Gasteiger partial charge in [0.25, 0.3) is 0 Å². The van der Waals surface area contributed by atoms with Gasteiger partial charge in [-0.3, -0.25) is 4.98 Å². The van der Waals surface area contributed by atoms with E-state index in [1.54, 1.807) is 32.5 Å². The largest absolute Gasteiger partial charge is 0.497 e. The summed E-state index contributed by atoms with van der Waals surface area (Å²) in [6.45, 7) is 0. The highest BCUT2D eigenvalue weighted by Gasteiger charge is 2.43. The van der Waals surface area contributed by atoms with Crippen LogP contribution in [0, 0.1) is 0 Å². The Hall–Kier alpha value is -3.26. The van der Waals surface area contributed by atoms with Gasteiger partial charge in [0.1, 0.15) is 29.1 Å². The van der Waals surface area contributed by atoms with E-state index in [9.17, 15) is 0 Å². The molecule has 0 amide bonds. The Labute approximate surface area is 218 Å². The minimum absolute atomic E-state index is 0.271. The number of ether oxygens (including phenoxy) is 2. The second-order valence-electron chi connectivity index (χ2n) is 7.87. The Kier molecular flexibility index (Phi) is 6.56. The number of anilines is 1. The summed E-state index contributed by atoms with van der Waals surface area (Å²) >= 11 is 18.2. The summed E-state index contributed by atoms with van der Waals surface area (Å²) < 4.78 is 17.5. The molecule has 9 heteroatoms. The van der Waals surface area contributed by atoms with E-state index in [4.69, 9.17) is 49.3 Å². The monoisotopic (exact) mass is 525 g/mol. The van der Waals surface area contributed by atoms with E-state index >= 15 is 0 Å². The van der Waals surface area contributed by atoms with Gasteiger partial charge in [-0.2, -0.15) is 0 Å². The molecule has 0 spiro atoms. The number of nitrogens with zero attached hydrogens (tertiary/aromatic N) is 2. The number of pyridine rings is 1. The lowest BCUT2D eigenvalue weighted by Gasteiger charge is -2.27. The minimum Gasteiger partial charge on any atom is -0.497 e. The van der Waals surface area contributed by atoms with E-state index in [1.165, 1.54) is 0 Å². The van der Waals surface area contributed by atoms with E-state index in [1.807, 2.05) is 59.5 Å². The topological polar surface area (TPSA) is 59.8 Å². The number of benzene rings is 2. The fourth-order valence-corrected chi connectivity index (χ4v) is 4.84. The van der Waals surface area contributed by atoms with Crippen LogP contribution in [0.3, 0.4) is 0 Å². The summed E-state index contributed by atoms with van der Waals surface area (Å²) in [5.74, 6) is 2.69. The van der Waals surface area contributed by atoms with Gasteiger partial charge in [-0.05, 0) is 66.8 Å². The van der Waals surface area contributed by atoms with Crippen LogP contribution in [0.2, 0.25) is 10.0 Å². The third kappa shape index (κ3) is 4.43. The molecule has 4 aromatic rings. The minimum atomic E-state index is -0.352. The molecule has 5 rings (SSSR count). The lowest BCUT2D eigenvalue weighted by molar-refractivity contribution is 0.400. The Morgan fingerprint density at radius 1 is 0.971 bits per heavy atom. The van der Waals surface area contributed by atoms with Crippen molar-refractivity contribution in [2.24, 2.45) is 0 Å². The van der Waals surface area contributed by atoms with Crippen molar-refractivity contribution in [3.63, 3.8) is 0 Å². The van der Waals surface area contributed by atoms with Crippen LogP contribution in [0.25, 0.3) is 11.3 Å². The van der Waals surface area contributed by atoms with Gasteiger partial charge < -0.3 is 24.1 Å². The van der Waals surface area contributed by atoms with Crippen LogP contribution >= 0.6 is 35.4 Å². The number of methoxy groups -OCH3 is 2. The Balaban J connectivity index is 1.64. The molecule has 1 aliphatic rings. The van der Waals surface area contributed by atoms with Crippen LogP contribution in [-0.4, -0.2) is 24.3 Å². The molecule has 6 nitrogen and oxygen atoms in total. The van der Waals surface area contributed by atoms with Crippen molar-refractivity contribution in [1.29, 1.82) is 0 Å². The van der Waals surface area contributed by atoms with Crippen molar-refractivity contribution in [3.8, 4) is 22.8 Å². The fraction of sp³-hybridized carbons (Fsp3) is 0.154. The van der Waals surface area contributed by atoms with Gasteiger partial charge in [0, 0.05) is 17.8 Å². The van der Waals surface area contributed by atoms with Crippen molar-refractivity contribution >= 4 is 46.2 Å². The van der Waals surface area contributed by atoms with Crippen LogP contribution in [0.5, 0.6) is 11.5 Å². The standard InChI is InChI=1S/C26H21Cl2N3O3S/c1-32-16-7-9-22(33-2)20(14-16)31-25(24(30-26(31)35)19-5-3-4-12-29-19)23-11-10-21(34-23)15-6-8-17(27)18(28)13-15/h3-14,24-25H,1-2H3,(H,30,35). The molecule has 0 radical (unpaired) electrons. The average Bonchev–Trinajstić information content (AvgIpc) is 3.50. The summed E-state index contributed by atoms with van der Waals surface area (Å²) in [5.41, 5.74) is 2.40. The maximum Gasteiger partial charge on any atom is 0.174 e. The van der Waals surface area contributed by atoms with Gasteiger partial charge in [-0.1, -0.05) is 29.3 Å². The Morgan fingerprint density at radius 2 is 1.83 bits per heavy atom. The molecule has 1 aliphatic heterocycles. The molecule has 0 bridgehead atoms. The predicted molar refractivity (Wildman–Crippen MR) is 142 cm³/mol. The number of aromatic nitrogens is 1. The maximum atomic E-state index is 6.39. The first-order chi connectivity index (χ1) is 17.0. The molecular formula is C26H21Cl2N3O3S. The van der Waals surface area contributed by atoms with Gasteiger partial charge in [0.15, 0.2) is 5.11 Å². The van der Waals surface area contributed by atoms with Crippen molar-refractivity contribution in [1.82, 2.24) is 10.3 Å². The molecular weight excluding hydrogens is 505 g/mol. The van der Waals surface area contributed by atoms with Gasteiger partial charge in [-0.15, -0.1) is 0 Å². The average molecular weight is 526 g/mol. The number of hydrogen-bond donors (Lipinski definition) is 1. The highest BCUT2D eigenvalue weighted by Crippen LogP contribution is 2.46. The van der Waals surface area contributed by atoms with E-state index in [2.05, 4.69) is 10.3 Å². The molecule has 35 heavy (non-hydrogen) atoms. The lowest BCUT2D eigenvalue weighted by atomic mass is 10.0. The summed E-state index contributed by atoms with van der Waals surface area (Å²) in [4.78, 5) is 6.56. The van der Waals surface area contributed by atoms with Gasteiger partial charge >= 0.3 is 0 Å². The number of hydrogen-bond acceptors (Lipinski definition) is 5. The zero-order valence-corrected chi connectivity index (χ0v) is 21.2. The molecule has 3 heterocycles. The highest BCUT2D eigenvalue weighted by atomic mass is 35.5. The van der Waals surface area contributed by atoms with Crippen molar-refractivity contribution in [2.45, 2.75) is 12.1 Å². The van der Waals surface area contributed by atoms with Crippen molar-refractivity contribution < 1.29 is 13.9 Å². The quantitative estimate of drug-likeness (QED) is 0.276. The smallest absolute Gasteiger partial charge is 0.174 e. The molecule has 178 valence electrons. The van der Waals surface area contributed by atoms with Crippen LogP contribution in [0.1, 0.15) is 23.5 Å². The fourth-order valence-electron chi connectivity index (χ4n) is 4.20. The first-order valence-corrected chi connectivity index (χ1v) is 11.9. The normalized spacial score (nSPS) is 17.4. The van der Waals surface area contributed by atoms with Gasteiger partial charge in [0.05, 0.1) is 41.7 Å². The lowest BCUT2D eigenvalue weighted by Crippen LogP contribution is -2.29. The van der Waals surface area contributed by atoms with Crippen LogP contribution in [-0.2, 0) is 0 Å². The molecule has 2 aromatic carbocycles. The highest BCUT2D eigenvalue weighted by molar-refractivity contribution is 7.80. The molecule has 2 aromatic heterocycles. The summed E-state index contributed by atoms with van der Waals surface area (Å²) in [6.07, 6.45) is 1.76. The Morgan fingerprint density at radius 3 is 2.54 bits per heavy atom. The summed E-state index contributed by atoms with van der Waals surface area (Å²) in [5, 5.41) is 4.88. The molecule has 2 unspecified atom stereocenters. The van der Waals surface area contributed by atoms with Crippen molar-refractivity contribution in [3.05, 3.63) is 94.4 Å². The van der Waals surface area contributed by atoms with E-state index < -0.39 is 0 Å². The molecule has 1 N–H and O–H groups in total. The third-order valence-electron chi connectivity index (χ3n) is 5.87. The molecule has 2 atom stereocenters. The van der Waals surface area contributed by atoms with Crippen LogP contribution in [0.4, 0.5) is 5.69 Å². The maximum absolute atomic E-state index is 6.39. The molecule has 1 saturated heterocycles. The van der Waals surface area contributed by atoms with E-state index in [-0.39, 0.29) is 12.1 Å². The molecule has 0 saturated carbocycles. The van der Waals surface area contributed by atoms with Crippen molar-refractivity contribution in [2.75, 3.05) is 19.1 Å². The molecule has 1 fully saturated rings. The second-order valence-corrected chi connectivity index (χ2v) is 9.07. The first-order valence-electron chi connectivity index (χ1n) is 10.8. The Bertz CT molecular complexity index is 1380. The zero-order chi connectivity index (χ0) is 24.5. The van der Waals surface area contributed by atoms with Crippen LogP contribution < -0.4 is 19.7 Å².